The number of anilines is 4. The zero-order valence-electron chi connectivity index (χ0n) is 17.4. The molecule has 146 valence electrons. The summed E-state index contributed by atoms with van der Waals surface area (Å²) in [6.45, 7) is 17.1. The third kappa shape index (κ3) is 3.34. The van der Waals surface area contributed by atoms with Gasteiger partial charge in [0.05, 0.1) is 12.3 Å². The van der Waals surface area contributed by atoms with Crippen molar-refractivity contribution in [2.24, 2.45) is 0 Å². The van der Waals surface area contributed by atoms with Crippen LogP contribution in [0.5, 0.6) is 0 Å². The third-order valence-corrected chi connectivity index (χ3v) is 5.47. The first-order valence-corrected chi connectivity index (χ1v) is 10.1. The number of pyridine rings is 1. The third-order valence-electron chi connectivity index (χ3n) is 5.47. The summed E-state index contributed by atoms with van der Waals surface area (Å²) in [5.74, 6) is 1.70. The molecule has 0 fully saturated rings. The van der Waals surface area contributed by atoms with Crippen molar-refractivity contribution in [2.45, 2.75) is 39.5 Å². The van der Waals surface area contributed by atoms with Crippen LogP contribution < -0.4 is 9.80 Å². The Bertz CT molecular complexity index is 1040. The minimum atomic E-state index is 0.398. The fourth-order valence-corrected chi connectivity index (χ4v) is 4.01. The van der Waals surface area contributed by atoms with E-state index in [9.17, 15) is 0 Å². The smallest absolute Gasteiger partial charge is 0.207 e. The summed E-state index contributed by atoms with van der Waals surface area (Å²) in [5.41, 5.74) is 6.57. The van der Waals surface area contributed by atoms with Crippen molar-refractivity contribution in [3.63, 3.8) is 0 Å². The Morgan fingerprint density at radius 3 is 2.14 bits per heavy atom. The predicted molar refractivity (Wildman–Crippen MR) is 121 cm³/mol. The summed E-state index contributed by atoms with van der Waals surface area (Å²) in [4.78, 5) is 12.9. The number of hydrogen-bond donors (Lipinski definition) is 0. The predicted octanol–water partition coefficient (Wildman–Crippen LogP) is 7.13. The Kier molecular flexibility index (Phi) is 4.98. The van der Waals surface area contributed by atoms with Crippen molar-refractivity contribution in [1.82, 2.24) is 4.98 Å². The first-order chi connectivity index (χ1) is 14.0. The largest absolute Gasteiger partial charge is 0.320 e. The normalized spacial score (nSPS) is 13.1. The number of aromatic nitrogens is 1. The van der Waals surface area contributed by atoms with Crippen LogP contribution in [0.3, 0.4) is 0 Å². The highest BCUT2D eigenvalue weighted by atomic mass is 15.4. The van der Waals surface area contributed by atoms with Crippen LogP contribution in [0.15, 0.2) is 60.8 Å². The molecule has 29 heavy (non-hydrogen) atoms. The average molecular weight is 383 g/mol. The first-order valence-electron chi connectivity index (χ1n) is 10.1. The summed E-state index contributed by atoms with van der Waals surface area (Å²) >= 11 is 0. The maximum absolute atomic E-state index is 7.47. The fraction of sp³-hybridized carbons (Fsp3) is 0.280. The maximum atomic E-state index is 7.47. The lowest BCUT2D eigenvalue weighted by molar-refractivity contribution is 0.819. The van der Waals surface area contributed by atoms with Gasteiger partial charge in [0.25, 0.3) is 0 Å². The van der Waals surface area contributed by atoms with Crippen molar-refractivity contribution in [1.29, 1.82) is 0 Å². The molecule has 0 radical (unpaired) electrons. The second-order valence-electron chi connectivity index (χ2n) is 8.08. The molecular formula is C25H26N4. The lowest BCUT2D eigenvalue weighted by Gasteiger charge is -2.29. The Balaban J connectivity index is 1.94. The van der Waals surface area contributed by atoms with Gasteiger partial charge in [-0.25, -0.2) is 9.83 Å². The SMILES string of the molecule is [C-]#[N+]c1cnc2c(c1)N(c1c(C(C)C)cccc1C(C)C)CN2c1ccccc1. The Hall–Kier alpha value is -3.32. The van der Waals surface area contributed by atoms with Crippen LogP contribution in [-0.2, 0) is 0 Å². The van der Waals surface area contributed by atoms with Crippen molar-refractivity contribution in [3.8, 4) is 0 Å². The molecule has 1 aliphatic heterocycles. The Labute approximate surface area is 173 Å². The topological polar surface area (TPSA) is 23.7 Å². The second-order valence-corrected chi connectivity index (χ2v) is 8.08. The van der Waals surface area contributed by atoms with E-state index >= 15 is 0 Å². The molecule has 0 spiro atoms. The van der Waals surface area contributed by atoms with Crippen molar-refractivity contribution >= 4 is 28.6 Å². The lowest BCUT2D eigenvalue weighted by atomic mass is 9.92. The highest BCUT2D eigenvalue weighted by Crippen LogP contribution is 2.48. The molecule has 1 aliphatic rings. The number of nitrogens with zero attached hydrogens (tertiary/aromatic N) is 4. The number of rotatable bonds is 4. The van der Waals surface area contributed by atoms with Crippen LogP contribution in [0, 0.1) is 6.57 Å². The maximum Gasteiger partial charge on any atom is 0.207 e. The van der Waals surface area contributed by atoms with Crippen LogP contribution in [-0.4, -0.2) is 11.7 Å². The van der Waals surface area contributed by atoms with Gasteiger partial charge in [-0.2, -0.15) is 0 Å². The van der Waals surface area contributed by atoms with Gasteiger partial charge in [0.2, 0.25) is 5.69 Å². The van der Waals surface area contributed by atoms with Gasteiger partial charge in [0.1, 0.15) is 6.67 Å². The zero-order valence-corrected chi connectivity index (χ0v) is 17.4. The number of para-hydroxylation sites is 2. The Morgan fingerprint density at radius 2 is 1.55 bits per heavy atom. The van der Waals surface area contributed by atoms with E-state index in [-0.39, 0.29) is 0 Å². The van der Waals surface area contributed by atoms with Crippen molar-refractivity contribution < 1.29 is 0 Å². The van der Waals surface area contributed by atoms with Crippen LogP contribution >= 0.6 is 0 Å². The molecule has 1 aromatic heterocycles. The standard InChI is InChI=1S/C25H26N4/c1-17(2)21-12-9-13-22(18(3)4)24(21)29-16-28(20-10-7-6-8-11-20)25-23(29)14-19(26-5)15-27-25/h6-15,17-18H,16H2,1-4H3. The molecule has 0 amide bonds. The molecule has 0 bridgehead atoms. The van der Waals surface area contributed by atoms with E-state index in [0.717, 1.165) is 17.2 Å². The first kappa shape index (κ1) is 19.0. The van der Waals surface area contributed by atoms with Crippen molar-refractivity contribution in [2.75, 3.05) is 16.5 Å². The van der Waals surface area contributed by atoms with Gasteiger partial charge in [-0.15, -0.1) is 0 Å². The van der Waals surface area contributed by atoms with Gasteiger partial charge in [0, 0.05) is 17.6 Å². The molecule has 4 heteroatoms. The van der Waals surface area contributed by atoms with Gasteiger partial charge >= 0.3 is 0 Å². The summed E-state index contributed by atoms with van der Waals surface area (Å²) in [5, 5.41) is 0. The van der Waals surface area contributed by atoms with Gasteiger partial charge in [-0.3, -0.25) is 0 Å². The number of hydrogen-bond acceptors (Lipinski definition) is 3. The van der Waals surface area contributed by atoms with Gasteiger partial charge in [-0.05, 0) is 41.2 Å². The van der Waals surface area contributed by atoms with E-state index in [4.69, 9.17) is 6.57 Å². The molecule has 0 N–H and O–H groups in total. The molecule has 3 aromatic rings. The average Bonchev–Trinajstić information content (AvgIpc) is 3.12. The molecule has 2 heterocycles. The molecule has 0 aliphatic carbocycles. The van der Waals surface area contributed by atoms with Gasteiger partial charge < -0.3 is 9.80 Å². The molecule has 0 unspecified atom stereocenters. The molecule has 4 rings (SSSR count). The Morgan fingerprint density at radius 1 is 0.897 bits per heavy atom. The molecular weight excluding hydrogens is 356 g/mol. The summed E-state index contributed by atoms with van der Waals surface area (Å²) < 4.78 is 0. The minimum Gasteiger partial charge on any atom is -0.320 e. The van der Waals surface area contributed by atoms with Crippen molar-refractivity contribution in [3.05, 3.63) is 83.3 Å². The molecule has 0 saturated heterocycles. The summed E-state index contributed by atoms with van der Waals surface area (Å²) in [7, 11) is 0. The lowest BCUT2D eigenvalue weighted by Crippen LogP contribution is -2.26. The molecule has 0 atom stereocenters. The van der Waals surface area contributed by atoms with Crippen LogP contribution in [0.1, 0.15) is 50.7 Å². The highest BCUT2D eigenvalue weighted by Gasteiger charge is 2.32. The second kappa shape index (κ2) is 7.60. The van der Waals surface area contributed by atoms with Crippen LogP contribution in [0.4, 0.5) is 28.6 Å². The monoisotopic (exact) mass is 382 g/mol. The fourth-order valence-electron chi connectivity index (χ4n) is 4.01. The van der Waals surface area contributed by atoms with E-state index in [1.165, 1.54) is 16.8 Å². The van der Waals surface area contributed by atoms with Crippen LogP contribution in [0.2, 0.25) is 0 Å². The van der Waals surface area contributed by atoms with Gasteiger partial charge in [0.15, 0.2) is 5.82 Å². The number of fused-ring (bicyclic) bond motifs is 1. The van der Waals surface area contributed by atoms with E-state index in [2.05, 4.69) is 77.7 Å². The van der Waals surface area contributed by atoms with Gasteiger partial charge in [-0.1, -0.05) is 64.1 Å². The van der Waals surface area contributed by atoms with E-state index in [1.54, 1.807) is 6.20 Å². The van der Waals surface area contributed by atoms with Crippen LogP contribution in [0.25, 0.3) is 4.85 Å². The van der Waals surface area contributed by atoms with E-state index in [0.29, 0.717) is 24.2 Å². The van der Waals surface area contributed by atoms with E-state index in [1.807, 2.05) is 24.3 Å². The highest BCUT2D eigenvalue weighted by molar-refractivity contribution is 5.88. The molecule has 0 saturated carbocycles. The zero-order chi connectivity index (χ0) is 20.5. The minimum absolute atomic E-state index is 0.398. The number of benzene rings is 2. The molecule has 4 nitrogen and oxygen atoms in total. The summed E-state index contributed by atoms with van der Waals surface area (Å²) in [6, 6.07) is 18.9. The quantitative estimate of drug-likeness (QED) is 0.449. The summed E-state index contributed by atoms with van der Waals surface area (Å²) in [6.07, 6.45) is 1.67. The van der Waals surface area contributed by atoms with E-state index < -0.39 is 0 Å². The molecule has 2 aromatic carbocycles.